The van der Waals surface area contributed by atoms with Crippen molar-refractivity contribution in [3.63, 3.8) is 0 Å². The minimum Gasteiger partial charge on any atom is -0.378 e. The summed E-state index contributed by atoms with van der Waals surface area (Å²) in [5.41, 5.74) is 8.75. The number of fused-ring (bicyclic) bond motifs is 1. The maximum atomic E-state index is 12.7. The molecule has 1 aromatic heterocycles. The van der Waals surface area contributed by atoms with Gasteiger partial charge in [-0.1, -0.05) is 12.1 Å². The van der Waals surface area contributed by atoms with E-state index in [0.29, 0.717) is 37.4 Å². The number of amides is 3. The molecule has 4 rings (SSSR count). The van der Waals surface area contributed by atoms with Crippen molar-refractivity contribution in [1.82, 2.24) is 20.2 Å². The van der Waals surface area contributed by atoms with E-state index in [4.69, 9.17) is 5.73 Å². The van der Waals surface area contributed by atoms with Gasteiger partial charge in [-0.25, -0.2) is 9.97 Å². The predicted molar refractivity (Wildman–Crippen MR) is 99.7 cm³/mol. The molecular weight excluding hydrogens is 360 g/mol. The summed E-state index contributed by atoms with van der Waals surface area (Å²) in [5, 5.41) is 5.55. The van der Waals surface area contributed by atoms with Gasteiger partial charge < -0.3 is 16.0 Å². The third-order valence-corrected chi connectivity index (χ3v) is 4.97. The number of nitrogens with one attached hydrogen (secondary N) is 2. The van der Waals surface area contributed by atoms with E-state index in [-0.39, 0.29) is 18.2 Å². The molecule has 4 N–H and O–H groups in total. The Balaban J connectivity index is 1.44. The Kier molecular flexibility index (Phi) is 4.74. The van der Waals surface area contributed by atoms with Crippen molar-refractivity contribution in [2.24, 2.45) is 5.73 Å². The van der Waals surface area contributed by atoms with Gasteiger partial charge in [0.1, 0.15) is 11.9 Å². The molecular formula is C19H20N6O3. The number of carbonyl (C=O) groups is 3. The van der Waals surface area contributed by atoms with Gasteiger partial charge in [0.2, 0.25) is 11.8 Å². The molecule has 1 saturated heterocycles. The molecule has 1 atom stereocenters. The zero-order valence-electron chi connectivity index (χ0n) is 15.1. The molecule has 1 aromatic carbocycles. The van der Waals surface area contributed by atoms with Crippen LogP contribution in [0.5, 0.6) is 0 Å². The van der Waals surface area contributed by atoms with Crippen molar-refractivity contribution < 1.29 is 14.4 Å². The van der Waals surface area contributed by atoms with E-state index in [1.165, 1.54) is 0 Å². The van der Waals surface area contributed by atoms with Crippen LogP contribution in [0.3, 0.4) is 0 Å². The first kappa shape index (κ1) is 18.1. The summed E-state index contributed by atoms with van der Waals surface area (Å²) in [7, 11) is 0. The van der Waals surface area contributed by atoms with Crippen molar-refractivity contribution >= 4 is 23.4 Å². The maximum Gasteiger partial charge on any atom is 0.255 e. The Bertz CT molecular complexity index is 943. The largest absolute Gasteiger partial charge is 0.378 e. The van der Waals surface area contributed by atoms with Crippen LogP contribution in [0.25, 0.3) is 0 Å². The average Bonchev–Trinajstić information content (AvgIpc) is 3.02. The van der Waals surface area contributed by atoms with Crippen molar-refractivity contribution in [2.45, 2.75) is 38.5 Å². The minimum absolute atomic E-state index is 0.171. The molecule has 0 spiro atoms. The molecule has 0 radical (unpaired) electrons. The first-order valence-corrected chi connectivity index (χ1v) is 9.06. The summed E-state index contributed by atoms with van der Waals surface area (Å²) in [6.07, 6.45) is 3.96. The zero-order chi connectivity index (χ0) is 19.7. The Morgan fingerprint density at radius 2 is 2.00 bits per heavy atom. The van der Waals surface area contributed by atoms with E-state index in [2.05, 4.69) is 20.6 Å². The summed E-state index contributed by atoms with van der Waals surface area (Å²) >= 11 is 0. The fourth-order valence-corrected chi connectivity index (χ4v) is 3.49. The number of hydrogen-bond donors (Lipinski definition) is 3. The molecule has 0 saturated carbocycles. The Morgan fingerprint density at radius 1 is 1.21 bits per heavy atom. The number of piperidine rings is 1. The molecule has 0 aliphatic carbocycles. The van der Waals surface area contributed by atoms with E-state index in [9.17, 15) is 14.4 Å². The number of anilines is 1. The molecule has 144 valence electrons. The third-order valence-electron chi connectivity index (χ3n) is 4.97. The lowest BCUT2D eigenvalue weighted by Crippen LogP contribution is -2.52. The first-order valence-electron chi connectivity index (χ1n) is 9.06. The van der Waals surface area contributed by atoms with Crippen LogP contribution in [0, 0.1) is 0 Å². The second-order valence-corrected chi connectivity index (χ2v) is 6.84. The first-order chi connectivity index (χ1) is 13.5. The fraction of sp³-hybridized carbons (Fsp3) is 0.316. The predicted octanol–water partition coefficient (Wildman–Crippen LogP) is 0.308. The van der Waals surface area contributed by atoms with E-state index in [1.54, 1.807) is 23.4 Å². The van der Waals surface area contributed by atoms with Gasteiger partial charge >= 0.3 is 0 Å². The summed E-state index contributed by atoms with van der Waals surface area (Å²) in [6, 6.07) is 5.03. The second kappa shape index (κ2) is 7.35. The van der Waals surface area contributed by atoms with Crippen molar-refractivity contribution in [3.8, 4) is 0 Å². The van der Waals surface area contributed by atoms with E-state index in [1.807, 2.05) is 12.1 Å². The SMILES string of the molecule is NCc1ncc(NCc2ccc3c(c2)CN(C2CCC(=O)NC2=O)C3=O)cn1. The van der Waals surface area contributed by atoms with Crippen LogP contribution in [0.2, 0.25) is 0 Å². The molecule has 28 heavy (non-hydrogen) atoms. The second-order valence-electron chi connectivity index (χ2n) is 6.84. The molecule has 0 bridgehead atoms. The van der Waals surface area contributed by atoms with Crippen molar-refractivity contribution in [3.05, 3.63) is 53.1 Å². The van der Waals surface area contributed by atoms with Crippen LogP contribution < -0.4 is 16.4 Å². The summed E-state index contributed by atoms with van der Waals surface area (Å²) in [6.45, 7) is 1.20. The van der Waals surface area contributed by atoms with Gasteiger partial charge in [0, 0.05) is 25.1 Å². The topological polar surface area (TPSA) is 130 Å². The number of carbonyl (C=O) groups excluding carboxylic acids is 3. The highest BCUT2D eigenvalue weighted by Crippen LogP contribution is 2.28. The smallest absolute Gasteiger partial charge is 0.255 e. The molecule has 3 amide bonds. The monoisotopic (exact) mass is 380 g/mol. The molecule has 9 nitrogen and oxygen atoms in total. The summed E-state index contributed by atoms with van der Waals surface area (Å²) in [4.78, 5) is 46.0. The molecule has 1 unspecified atom stereocenters. The molecule has 3 heterocycles. The van der Waals surface area contributed by atoms with Gasteiger partial charge in [0.15, 0.2) is 0 Å². The fourth-order valence-electron chi connectivity index (χ4n) is 3.49. The van der Waals surface area contributed by atoms with Gasteiger partial charge in [-0.3, -0.25) is 19.7 Å². The molecule has 2 aliphatic heterocycles. The highest BCUT2D eigenvalue weighted by molar-refractivity contribution is 6.05. The van der Waals surface area contributed by atoms with E-state index >= 15 is 0 Å². The Morgan fingerprint density at radius 3 is 2.71 bits per heavy atom. The normalized spacial score (nSPS) is 18.8. The van der Waals surface area contributed by atoms with Crippen LogP contribution >= 0.6 is 0 Å². The highest BCUT2D eigenvalue weighted by atomic mass is 16.2. The van der Waals surface area contributed by atoms with Crippen LogP contribution in [0.1, 0.15) is 40.2 Å². The molecule has 2 aromatic rings. The van der Waals surface area contributed by atoms with E-state index < -0.39 is 11.9 Å². The molecule has 9 heteroatoms. The molecule has 2 aliphatic rings. The van der Waals surface area contributed by atoms with Gasteiger partial charge in [-0.05, 0) is 23.6 Å². The van der Waals surface area contributed by atoms with Crippen LogP contribution in [0.15, 0.2) is 30.6 Å². The lowest BCUT2D eigenvalue weighted by atomic mass is 10.0. The summed E-state index contributed by atoms with van der Waals surface area (Å²) < 4.78 is 0. The number of imide groups is 1. The summed E-state index contributed by atoms with van der Waals surface area (Å²) in [5.74, 6) is -0.285. The highest BCUT2D eigenvalue weighted by Gasteiger charge is 2.38. The van der Waals surface area contributed by atoms with Gasteiger partial charge in [-0.2, -0.15) is 0 Å². The minimum atomic E-state index is -0.600. The van der Waals surface area contributed by atoms with Crippen molar-refractivity contribution in [1.29, 1.82) is 0 Å². The van der Waals surface area contributed by atoms with Crippen molar-refractivity contribution in [2.75, 3.05) is 5.32 Å². The quantitative estimate of drug-likeness (QED) is 0.636. The standard InChI is InChI=1S/C19H20N6O3/c20-6-16-22-8-13(9-23-16)21-7-11-1-2-14-12(5-11)10-25(19(14)28)15-3-4-17(26)24-18(15)27/h1-2,5,8-9,15,21H,3-4,6-7,10,20H2,(H,24,26,27). The van der Waals surface area contributed by atoms with Crippen LogP contribution in [-0.2, 0) is 29.2 Å². The lowest BCUT2D eigenvalue weighted by Gasteiger charge is -2.29. The number of aromatic nitrogens is 2. The maximum absolute atomic E-state index is 12.7. The number of hydrogen-bond acceptors (Lipinski definition) is 7. The van der Waals surface area contributed by atoms with E-state index in [0.717, 1.165) is 16.8 Å². The Labute approximate surface area is 161 Å². The van der Waals surface area contributed by atoms with Gasteiger partial charge in [-0.15, -0.1) is 0 Å². The molecule has 1 fully saturated rings. The zero-order valence-corrected chi connectivity index (χ0v) is 15.1. The van der Waals surface area contributed by atoms with Gasteiger partial charge in [0.25, 0.3) is 5.91 Å². The van der Waals surface area contributed by atoms with Crippen LogP contribution in [0.4, 0.5) is 5.69 Å². The Hall–Kier alpha value is -3.33. The number of nitrogens with two attached hydrogens (primary N) is 1. The van der Waals surface area contributed by atoms with Gasteiger partial charge in [0.05, 0.1) is 24.6 Å². The number of nitrogens with zero attached hydrogens (tertiary/aromatic N) is 3. The number of rotatable bonds is 5. The van der Waals surface area contributed by atoms with Crippen LogP contribution in [-0.4, -0.2) is 38.6 Å². The number of benzene rings is 1. The average molecular weight is 380 g/mol. The third kappa shape index (κ3) is 3.44. The lowest BCUT2D eigenvalue weighted by molar-refractivity contribution is -0.136.